The number of amides is 2. The number of hydrogen-bond donors (Lipinski definition) is 0. The predicted molar refractivity (Wildman–Crippen MR) is 127 cm³/mol. The summed E-state index contributed by atoms with van der Waals surface area (Å²) in [5.41, 5.74) is 2.52. The highest BCUT2D eigenvalue weighted by atomic mass is 32.1. The lowest BCUT2D eigenvalue weighted by Crippen LogP contribution is -2.42. The molecule has 0 N–H and O–H groups in total. The number of benzene rings is 2. The zero-order valence-electron chi connectivity index (χ0n) is 18.2. The van der Waals surface area contributed by atoms with Gasteiger partial charge in [0.1, 0.15) is 12.4 Å². The minimum absolute atomic E-state index is 0.0625. The second-order valence-electron chi connectivity index (χ2n) is 7.48. The van der Waals surface area contributed by atoms with E-state index in [1.165, 1.54) is 17.0 Å². The Morgan fingerprint density at radius 3 is 2.25 bits per heavy atom. The number of thiophene rings is 1. The highest BCUT2D eigenvalue weighted by Crippen LogP contribution is 2.16. The van der Waals surface area contributed by atoms with Crippen LogP contribution in [0.1, 0.15) is 33.3 Å². The molecule has 166 valence electrons. The third-order valence-corrected chi connectivity index (χ3v) is 6.00. The number of hydrogen-bond acceptors (Lipinski definition) is 3. The first-order chi connectivity index (χ1) is 15.5. The Morgan fingerprint density at radius 1 is 0.969 bits per heavy atom. The number of carbonyl (C=O) groups excluding carboxylic acids is 2. The second-order valence-corrected chi connectivity index (χ2v) is 8.51. The maximum atomic E-state index is 13.3. The van der Waals surface area contributed by atoms with Crippen LogP contribution in [0.25, 0.3) is 0 Å². The van der Waals surface area contributed by atoms with Gasteiger partial charge in [-0.25, -0.2) is 4.39 Å². The van der Waals surface area contributed by atoms with E-state index in [9.17, 15) is 14.0 Å². The van der Waals surface area contributed by atoms with Crippen molar-refractivity contribution in [3.05, 3.63) is 106 Å². The summed E-state index contributed by atoms with van der Waals surface area (Å²) < 4.78 is 13.3. The summed E-state index contributed by atoms with van der Waals surface area (Å²) in [4.78, 5) is 30.6. The Kier molecular flexibility index (Phi) is 8.34. The molecule has 0 bridgehead atoms. The van der Waals surface area contributed by atoms with Gasteiger partial charge in [-0.2, -0.15) is 0 Å². The smallest absolute Gasteiger partial charge is 0.254 e. The number of nitrogens with zero attached hydrogens (tertiary/aromatic N) is 2. The lowest BCUT2D eigenvalue weighted by molar-refractivity contribution is -0.133. The molecule has 0 fully saturated rings. The molecule has 1 aromatic heterocycles. The lowest BCUT2D eigenvalue weighted by Gasteiger charge is -2.27. The van der Waals surface area contributed by atoms with E-state index in [1.54, 1.807) is 46.6 Å². The molecule has 0 saturated carbocycles. The molecule has 0 aliphatic heterocycles. The number of halogens is 1. The molecular formula is C26H27FN2O2S. The molecule has 2 aromatic carbocycles. The van der Waals surface area contributed by atoms with Crippen LogP contribution < -0.4 is 0 Å². The molecule has 0 radical (unpaired) electrons. The van der Waals surface area contributed by atoms with E-state index < -0.39 is 0 Å². The van der Waals surface area contributed by atoms with Gasteiger partial charge in [0.25, 0.3) is 5.91 Å². The highest BCUT2D eigenvalue weighted by molar-refractivity contribution is 7.09. The molecule has 0 spiro atoms. The van der Waals surface area contributed by atoms with Gasteiger partial charge in [0.15, 0.2) is 0 Å². The number of carbonyl (C=O) groups is 2. The van der Waals surface area contributed by atoms with Crippen molar-refractivity contribution in [2.75, 3.05) is 13.1 Å². The fourth-order valence-electron chi connectivity index (χ4n) is 3.34. The number of aryl methyl sites for hydroxylation is 1. The molecule has 32 heavy (non-hydrogen) atoms. The molecular weight excluding hydrogens is 423 g/mol. The van der Waals surface area contributed by atoms with Crippen molar-refractivity contribution >= 4 is 23.2 Å². The SMILES string of the molecule is C=CCN(CC(=O)N(Cc1ccc(F)cc1)Cc1cccs1)C(=O)c1ccc(CC)cc1. The third-order valence-electron chi connectivity index (χ3n) is 5.14. The fourth-order valence-corrected chi connectivity index (χ4v) is 4.06. The van der Waals surface area contributed by atoms with Crippen LogP contribution in [0.2, 0.25) is 0 Å². The van der Waals surface area contributed by atoms with Crippen LogP contribution in [-0.4, -0.2) is 34.7 Å². The van der Waals surface area contributed by atoms with Crippen molar-refractivity contribution in [3.63, 3.8) is 0 Å². The molecule has 1 heterocycles. The van der Waals surface area contributed by atoms with Gasteiger partial charge in [-0.15, -0.1) is 17.9 Å². The van der Waals surface area contributed by atoms with Crippen LogP contribution in [-0.2, 0) is 24.3 Å². The standard InChI is InChI=1S/C26H27FN2O2S/c1-3-15-28(26(31)22-11-7-20(4-2)8-12-22)19-25(30)29(18-24-6-5-16-32-24)17-21-9-13-23(27)14-10-21/h3,5-14,16H,1,4,15,17-19H2,2H3. The molecule has 0 atom stereocenters. The maximum Gasteiger partial charge on any atom is 0.254 e. The fraction of sp³-hybridized carbons (Fsp3) is 0.231. The number of rotatable bonds is 10. The van der Waals surface area contributed by atoms with Crippen LogP contribution in [0.15, 0.2) is 78.7 Å². The molecule has 0 aliphatic carbocycles. The molecule has 3 rings (SSSR count). The summed E-state index contributed by atoms with van der Waals surface area (Å²) in [6.45, 7) is 6.76. The van der Waals surface area contributed by atoms with Crippen molar-refractivity contribution in [3.8, 4) is 0 Å². The zero-order chi connectivity index (χ0) is 22.9. The Bertz CT molecular complexity index is 1030. The topological polar surface area (TPSA) is 40.6 Å². The molecule has 4 nitrogen and oxygen atoms in total. The quantitative estimate of drug-likeness (QED) is 0.393. The van der Waals surface area contributed by atoms with Crippen LogP contribution in [0.3, 0.4) is 0 Å². The van der Waals surface area contributed by atoms with Gasteiger partial charge in [-0.3, -0.25) is 9.59 Å². The van der Waals surface area contributed by atoms with E-state index in [1.807, 2.05) is 29.6 Å². The molecule has 0 saturated heterocycles. The van der Waals surface area contributed by atoms with E-state index in [-0.39, 0.29) is 30.7 Å². The van der Waals surface area contributed by atoms with Crippen LogP contribution in [0, 0.1) is 5.82 Å². The van der Waals surface area contributed by atoms with Gasteiger partial charge >= 0.3 is 0 Å². The first kappa shape index (κ1) is 23.4. The summed E-state index contributed by atoms with van der Waals surface area (Å²) in [6.07, 6.45) is 2.51. The van der Waals surface area contributed by atoms with E-state index in [2.05, 4.69) is 13.5 Å². The van der Waals surface area contributed by atoms with Gasteiger partial charge in [-0.05, 0) is 53.3 Å². The van der Waals surface area contributed by atoms with Crippen LogP contribution in [0.5, 0.6) is 0 Å². The van der Waals surface area contributed by atoms with Crippen molar-refractivity contribution in [2.24, 2.45) is 0 Å². The first-order valence-corrected chi connectivity index (χ1v) is 11.4. The average Bonchev–Trinajstić information content (AvgIpc) is 3.32. The summed E-state index contributed by atoms with van der Waals surface area (Å²) in [5.74, 6) is -0.705. The van der Waals surface area contributed by atoms with Gasteiger partial charge < -0.3 is 9.80 Å². The Balaban J connectivity index is 1.77. The Labute approximate surface area is 192 Å². The van der Waals surface area contributed by atoms with Crippen molar-refractivity contribution < 1.29 is 14.0 Å². The largest absolute Gasteiger partial charge is 0.332 e. The molecule has 0 unspecified atom stereocenters. The Hall–Kier alpha value is -3.25. The van der Waals surface area contributed by atoms with Gasteiger partial charge in [0, 0.05) is 23.5 Å². The van der Waals surface area contributed by atoms with Crippen LogP contribution >= 0.6 is 11.3 Å². The Morgan fingerprint density at radius 2 is 1.66 bits per heavy atom. The van der Waals surface area contributed by atoms with E-state index in [0.29, 0.717) is 18.7 Å². The third kappa shape index (κ3) is 6.37. The molecule has 3 aromatic rings. The van der Waals surface area contributed by atoms with Gasteiger partial charge in [-0.1, -0.05) is 43.3 Å². The summed E-state index contributed by atoms with van der Waals surface area (Å²) in [6, 6.07) is 17.5. The minimum Gasteiger partial charge on any atom is -0.332 e. The monoisotopic (exact) mass is 450 g/mol. The van der Waals surface area contributed by atoms with Crippen molar-refractivity contribution in [2.45, 2.75) is 26.4 Å². The minimum atomic E-state index is -0.318. The van der Waals surface area contributed by atoms with Crippen molar-refractivity contribution in [1.29, 1.82) is 0 Å². The van der Waals surface area contributed by atoms with E-state index in [4.69, 9.17) is 0 Å². The van der Waals surface area contributed by atoms with E-state index >= 15 is 0 Å². The highest BCUT2D eigenvalue weighted by Gasteiger charge is 2.22. The molecule has 0 aliphatic rings. The summed E-state index contributed by atoms with van der Waals surface area (Å²) in [7, 11) is 0. The summed E-state index contributed by atoms with van der Waals surface area (Å²) in [5, 5.41) is 1.96. The second kappa shape index (κ2) is 11.4. The average molecular weight is 451 g/mol. The van der Waals surface area contributed by atoms with Gasteiger partial charge in [0.2, 0.25) is 5.91 Å². The maximum absolute atomic E-state index is 13.3. The molecule has 6 heteroatoms. The molecule has 2 amide bonds. The predicted octanol–water partition coefficient (Wildman–Crippen LogP) is 5.31. The van der Waals surface area contributed by atoms with Crippen LogP contribution in [0.4, 0.5) is 4.39 Å². The normalized spacial score (nSPS) is 10.6. The van der Waals surface area contributed by atoms with Gasteiger partial charge in [0.05, 0.1) is 6.54 Å². The van der Waals surface area contributed by atoms with Crippen molar-refractivity contribution in [1.82, 2.24) is 9.80 Å². The van der Waals surface area contributed by atoms with E-state index in [0.717, 1.165) is 22.4 Å². The summed E-state index contributed by atoms with van der Waals surface area (Å²) >= 11 is 1.57. The lowest BCUT2D eigenvalue weighted by atomic mass is 10.1. The first-order valence-electron chi connectivity index (χ1n) is 10.5. The zero-order valence-corrected chi connectivity index (χ0v) is 19.0.